The molecule has 0 aliphatic carbocycles. The molecule has 29 heavy (non-hydrogen) atoms. The quantitative estimate of drug-likeness (QED) is 0.708. The maximum absolute atomic E-state index is 14.3. The normalized spacial score (nSPS) is 12.8. The van der Waals surface area contributed by atoms with Gasteiger partial charge in [-0.1, -0.05) is 6.07 Å². The SMILES string of the molecule is CC(C)NC(=O)c1ccn(-c2cc(-c3c(F)cccc3F)nc3c2C(=O)NC3)n1. The molecule has 3 aromatic rings. The van der Waals surface area contributed by atoms with Crippen molar-refractivity contribution in [2.45, 2.75) is 26.4 Å². The van der Waals surface area contributed by atoms with E-state index in [1.807, 2.05) is 13.8 Å². The van der Waals surface area contributed by atoms with Crippen molar-refractivity contribution in [3.63, 3.8) is 0 Å². The van der Waals surface area contributed by atoms with Crippen molar-refractivity contribution in [2.75, 3.05) is 0 Å². The van der Waals surface area contributed by atoms with Gasteiger partial charge in [0, 0.05) is 12.2 Å². The van der Waals surface area contributed by atoms with Crippen LogP contribution in [0.5, 0.6) is 0 Å². The number of benzene rings is 1. The third kappa shape index (κ3) is 3.35. The minimum atomic E-state index is -0.766. The molecule has 0 unspecified atom stereocenters. The smallest absolute Gasteiger partial charge is 0.271 e. The van der Waals surface area contributed by atoms with Crippen LogP contribution in [0.2, 0.25) is 0 Å². The first-order valence-electron chi connectivity index (χ1n) is 8.98. The Morgan fingerprint density at radius 1 is 1.21 bits per heavy atom. The topological polar surface area (TPSA) is 88.9 Å². The molecule has 0 radical (unpaired) electrons. The number of pyridine rings is 1. The highest BCUT2D eigenvalue weighted by Crippen LogP contribution is 2.30. The lowest BCUT2D eigenvalue weighted by molar-refractivity contribution is 0.0936. The van der Waals surface area contributed by atoms with Crippen LogP contribution < -0.4 is 10.6 Å². The Morgan fingerprint density at radius 2 is 1.93 bits per heavy atom. The van der Waals surface area contributed by atoms with E-state index in [1.54, 1.807) is 0 Å². The van der Waals surface area contributed by atoms with E-state index in [9.17, 15) is 18.4 Å². The lowest BCUT2D eigenvalue weighted by Gasteiger charge is -2.11. The van der Waals surface area contributed by atoms with E-state index >= 15 is 0 Å². The third-order valence-corrected chi connectivity index (χ3v) is 4.42. The van der Waals surface area contributed by atoms with E-state index < -0.39 is 11.6 Å². The van der Waals surface area contributed by atoms with Crippen LogP contribution in [0.25, 0.3) is 16.9 Å². The fourth-order valence-electron chi connectivity index (χ4n) is 3.18. The average Bonchev–Trinajstić information content (AvgIpc) is 3.28. The zero-order valence-electron chi connectivity index (χ0n) is 15.7. The molecule has 2 aromatic heterocycles. The van der Waals surface area contributed by atoms with Gasteiger partial charge in [0.25, 0.3) is 11.8 Å². The molecule has 1 aliphatic rings. The molecule has 148 valence electrons. The van der Waals surface area contributed by atoms with E-state index in [1.165, 1.54) is 29.1 Å². The van der Waals surface area contributed by atoms with Gasteiger partial charge in [0.2, 0.25) is 0 Å². The van der Waals surface area contributed by atoms with Gasteiger partial charge in [-0.2, -0.15) is 5.10 Å². The zero-order valence-corrected chi connectivity index (χ0v) is 15.7. The van der Waals surface area contributed by atoms with Crippen molar-refractivity contribution in [3.8, 4) is 16.9 Å². The minimum absolute atomic E-state index is 0.0366. The molecule has 7 nitrogen and oxygen atoms in total. The molecule has 4 rings (SSSR count). The van der Waals surface area contributed by atoms with E-state index in [0.29, 0.717) is 5.69 Å². The second-order valence-corrected chi connectivity index (χ2v) is 6.90. The second-order valence-electron chi connectivity index (χ2n) is 6.90. The number of amides is 2. The van der Waals surface area contributed by atoms with Crippen LogP contribution in [-0.2, 0) is 6.54 Å². The number of nitrogens with zero attached hydrogens (tertiary/aromatic N) is 3. The zero-order chi connectivity index (χ0) is 20.7. The molecule has 0 fully saturated rings. The molecule has 0 saturated heterocycles. The van der Waals surface area contributed by atoms with Crippen LogP contribution >= 0.6 is 0 Å². The largest absolute Gasteiger partial charge is 0.348 e. The predicted molar refractivity (Wildman–Crippen MR) is 100 cm³/mol. The van der Waals surface area contributed by atoms with Crippen molar-refractivity contribution in [2.24, 2.45) is 0 Å². The molecule has 0 bridgehead atoms. The Bertz CT molecular complexity index is 1120. The molecule has 9 heteroatoms. The van der Waals surface area contributed by atoms with Gasteiger partial charge in [0.15, 0.2) is 5.69 Å². The standard InChI is InChI=1S/C20H17F2N5O2/c1-10(2)24-19(28)13-6-7-27(26-13)16-8-14(17-11(21)4-3-5-12(17)22)25-15-9-23-20(29)18(15)16/h3-8,10H,9H2,1-2H3,(H,23,29)(H,24,28). The molecule has 1 aromatic carbocycles. The van der Waals surface area contributed by atoms with Crippen LogP contribution in [0.4, 0.5) is 8.78 Å². The van der Waals surface area contributed by atoms with Crippen LogP contribution in [0.3, 0.4) is 0 Å². The van der Waals surface area contributed by atoms with Gasteiger partial charge in [0.05, 0.1) is 34.7 Å². The Balaban J connectivity index is 1.86. The summed E-state index contributed by atoms with van der Waals surface area (Å²) in [6.45, 7) is 3.78. The van der Waals surface area contributed by atoms with Crippen molar-refractivity contribution in [1.82, 2.24) is 25.4 Å². The van der Waals surface area contributed by atoms with Crippen molar-refractivity contribution < 1.29 is 18.4 Å². The van der Waals surface area contributed by atoms with E-state index in [4.69, 9.17) is 0 Å². The fraction of sp³-hybridized carbons (Fsp3) is 0.200. The lowest BCUT2D eigenvalue weighted by Crippen LogP contribution is -2.30. The Labute approximate surface area is 164 Å². The minimum Gasteiger partial charge on any atom is -0.348 e. The van der Waals surface area contributed by atoms with Crippen LogP contribution in [0.1, 0.15) is 40.4 Å². The summed E-state index contributed by atoms with van der Waals surface area (Å²) in [7, 11) is 0. The van der Waals surface area contributed by atoms with Gasteiger partial charge in [-0.05, 0) is 38.1 Å². The van der Waals surface area contributed by atoms with Gasteiger partial charge in [-0.3, -0.25) is 9.59 Å². The highest BCUT2D eigenvalue weighted by molar-refractivity contribution is 6.01. The van der Waals surface area contributed by atoms with E-state index in [-0.39, 0.29) is 52.6 Å². The average molecular weight is 397 g/mol. The highest BCUT2D eigenvalue weighted by atomic mass is 19.1. The maximum atomic E-state index is 14.3. The molecular formula is C20H17F2N5O2. The number of carbonyl (C=O) groups excluding carboxylic acids is 2. The lowest BCUT2D eigenvalue weighted by atomic mass is 10.1. The number of hydrogen-bond donors (Lipinski definition) is 2. The number of carbonyl (C=O) groups is 2. The molecule has 0 spiro atoms. The molecule has 0 saturated carbocycles. The molecule has 2 N–H and O–H groups in total. The van der Waals surface area contributed by atoms with Gasteiger partial charge < -0.3 is 10.6 Å². The van der Waals surface area contributed by atoms with Crippen molar-refractivity contribution in [3.05, 3.63) is 65.1 Å². The van der Waals surface area contributed by atoms with E-state index in [0.717, 1.165) is 12.1 Å². The molecule has 1 aliphatic heterocycles. The number of fused-ring (bicyclic) bond motifs is 1. The first kappa shape index (κ1) is 18.7. The number of halogens is 2. The van der Waals surface area contributed by atoms with Crippen LogP contribution in [-0.4, -0.2) is 32.6 Å². The number of hydrogen-bond acceptors (Lipinski definition) is 4. The van der Waals surface area contributed by atoms with Crippen LogP contribution in [0.15, 0.2) is 36.5 Å². The second kappa shape index (κ2) is 7.08. The summed E-state index contributed by atoms with van der Waals surface area (Å²) in [5.41, 5.74) is 0.793. The van der Waals surface area contributed by atoms with Gasteiger partial charge in [-0.25, -0.2) is 18.4 Å². The Morgan fingerprint density at radius 3 is 2.62 bits per heavy atom. The summed E-state index contributed by atoms with van der Waals surface area (Å²) >= 11 is 0. The molecule has 2 amide bonds. The number of rotatable bonds is 4. The number of nitrogens with one attached hydrogen (secondary N) is 2. The summed E-state index contributed by atoms with van der Waals surface area (Å²) in [5, 5.41) is 9.62. The summed E-state index contributed by atoms with van der Waals surface area (Å²) < 4.78 is 29.9. The Kier molecular flexibility index (Phi) is 4.57. The summed E-state index contributed by atoms with van der Waals surface area (Å²) in [4.78, 5) is 28.8. The number of aromatic nitrogens is 3. The predicted octanol–water partition coefficient (Wildman–Crippen LogP) is 2.59. The van der Waals surface area contributed by atoms with Gasteiger partial charge in [-0.15, -0.1) is 0 Å². The fourth-order valence-corrected chi connectivity index (χ4v) is 3.18. The van der Waals surface area contributed by atoms with E-state index in [2.05, 4.69) is 20.7 Å². The van der Waals surface area contributed by atoms with Crippen molar-refractivity contribution in [1.29, 1.82) is 0 Å². The first-order chi connectivity index (χ1) is 13.8. The van der Waals surface area contributed by atoms with Gasteiger partial charge in [0.1, 0.15) is 11.6 Å². The summed E-state index contributed by atoms with van der Waals surface area (Å²) in [6, 6.07) is 6.36. The monoisotopic (exact) mass is 397 g/mol. The first-order valence-corrected chi connectivity index (χ1v) is 8.98. The summed E-state index contributed by atoms with van der Waals surface area (Å²) in [5.74, 6) is -2.27. The van der Waals surface area contributed by atoms with Crippen molar-refractivity contribution >= 4 is 11.8 Å². The third-order valence-electron chi connectivity index (χ3n) is 4.42. The molecular weight excluding hydrogens is 380 g/mol. The molecule has 0 atom stereocenters. The van der Waals surface area contributed by atoms with Crippen LogP contribution in [0, 0.1) is 11.6 Å². The van der Waals surface area contributed by atoms with Gasteiger partial charge >= 0.3 is 0 Å². The molecule has 3 heterocycles. The maximum Gasteiger partial charge on any atom is 0.271 e. The Hall–Kier alpha value is -3.62. The summed E-state index contributed by atoms with van der Waals surface area (Å²) in [6.07, 6.45) is 1.51. The highest BCUT2D eigenvalue weighted by Gasteiger charge is 2.28.